The van der Waals surface area contributed by atoms with Crippen molar-refractivity contribution in [3.05, 3.63) is 102 Å². The lowest BCUT2D eigenvalue weighted by Gasteiger charge is -2.30. The Hall–Kier alpha value is -3.84. The molecule has 35 heavy (non-hydrogen) atoms. The summed E-state index contributed by atoms with van der Waals surface area (Å²) in [5.74, 6) is -0.306. The lowest BCUT2D eigenvalue weighted by Crippen LogP contribution is -2.36. The van der Waals surface area contributed by atoms with Crippen LogP contribution in [0.2, 0.25) is 0 Å². The standard InChI is InChI=1S/C28H28N4O2S/c1-3-21-14-16-24(17-15-21)27(34)32(20(2)22-10-6-4-7-11-22)19-18-25(33)29-28-31-30-26(35-28)23-12-8-5-9-13-23/h4-17,20H,3,18-19H2,1-2H3,(H,29,31,33). The van der Waals surface area contributed by atoms with Crippen molar-refractivity contribution >= 4 is 28.3 Å². The summed E-state index contributed by atoms with van der Waals surface area (Å²) in [6.45, 7) is 4.35. The lowest BCUT2D eigenvalue weighted by molar-refractivity contribution is -0.116. The zero-order valence-corrected chi connectivity index (χ0v) is 20.7. The number of hydrogen-bond acceptors (Lipinski definition) is 5. The third kappa shape index (κ3) is 6.19. The number of aromatic nitrogens is 2. The van der Waals surface area contributed by atoms with Crippen LogP contribution in [0.3, 0.4) is 0 Å². The second-order valence-electron chi connectivity index (χ2n) is 8.21. The summed E-state index contributed by atoms with van der Waals surface area (Å²) in [6.07, 6.45) is 1.06. The number of anilines is 1. The highest BCUT2D eigenvalue weighted by molar-refractivity contribution is 7.18. The molecular weight excluding hydrogens is 456 g/mol. The average molecular weight is 485 g/mol. The minimum absolute atomic E-state index is 0.0981. The van der Waals surface area contributed by atoms with Gasteiger partial charge >= 0.3 is 0 Å². The van der Waals surface area contributed by atoms with E-state index >= 15 is 0 Å². The average Bonchev–Trinajstić information content (AvgIpc) is 3.38. The predicted molar refractivity (Wildman–Crippen MR) is 140 cm³/mol. The van der Waals surface area contributed by atoms with E-state index in [0.29, 0.717) is 10.7 Å². The van der Waals surface area contributed by atoms with E-state index in [1.165, 1.54) is 16.9 Å². The van der Waals surface area contributed by atoms with Crippen molar-refractivity contribution in [3.63, 3.8) is 0 Å². The minimum atomic E-state index is -0.208. The van der Waals surface area contributed by atoms with Crippen molar-refractivity contribution in [2.45, 2.75) is 32.7 Å². The van der Waals surface area contributed by atoms with Crippen LogP contribution in [0.1, 0.15) is 47.8 Å². The molecule has 0 saturated heterocycles. The largest absolute Gasteiger partial charge is 0.331 e. The Balaban J connectivity index is 1.46. The molecule has 6 nitrogen and oxygen atoms in total. The maximum atomic E-state index is 13.5. The Morgan fingerprint density at radius 1 is 0.914 bits per heavy atom. The zero-order valence-electron chi connectivity index (χ0n) is 19.8. The Morgan fingerprint density at radius 2 is 1.57 bits per heavy atom. The van der Waals surface area contributed by atoms with Crippen LogP contribution in [0.15, 0.2) is 84.9 Å². The highest BCUT2D eigenvalue weighted by Crippen LogP contribution is 2.26. The highest BCUT2D eigenvalue weighted by atomic mass is 32.1. The van der Waals surface area contributed by atoms with Crippen molar-refractivity contribution in [1.82, 2.24) is 15.1 Å². The van der Waals surface area contributed by atoms with E-state index < -0.39 is 0 Å². The molecule has 4 rings (SSSR count). The number of rotatable bonds is 9. The molecule has 0 spiro atoms. The molecular formula is C28H28N4O2S. The fourth-order valence-electron chi connectivity index (χ4n) is 3.81. The van der Waals surface area contributed by atoms with Gasteiger partial charge in [-0.15, -0.1) is 10.2 Å². The maximum Gasteiger partial charge on any atom is 0.254 e. The predicted octanol–water partition coefficient (Wildman–Crippen LogP) is 6.00. The minimum Gasteiger partial charge on any atom is -0.331 e. The number of carbonyl (C=O) groups is 2. The third-order valence-corrected chi connectivity index (χ3v) is 6.78. The van der Waals surface area contributed by atoms with Crippen LogP contribution in [0.25, 0.3) is 10.6 Å². The van der Waals surface area contributed by atoms with Gasteiger partial charge in [-0.1, -0.05) is 91.1 Å². The Labute approximate surface area is 209 Å². The monoisotopic (exact) mass is 484 g/mol. The number of nitrogens with one attached hydrogen (secondary N) is 1. The molecule has 0 aliphatic carbocycles. The van der Waals surface area contributed by atoms with E-state index in [4.69, 9.17) is 0 Å². The van der Waals surface area contributed by atoms with Gasteiger partial charge in [0.15, 0.2) is 0 Å². The van der Waals surface area contributed by atoms with Gasteiger partial charge < -0.3 is 10.2 Å². The molecule has 0 radical (unpaired) electrons. The van der Waals surface area contributed by atoms with Gasteiger partial charge in [-0.3, -0.25) is 9.59 Å². The van der Waals surface area contributed by atoms with Crippen LogP contribution in [0.4, 0.5) is 5.13 Å². The third-order valence-electron chi connectivity index (χ3n) is 5.89. The van der Waals surface area contributed by atoms with Gasteiger partial charge in [0.2, 0.25) is 11.0 Å². The summed E-state index contributed by atoms with van der Waals surface area (Å²) in [6, 6.07) is 27.1. The molecule has 1 unspecified atom stereocenters. The van der Waals surface area contributed by atoms with Crippen molar-refractivity contribution in [1.29, 1.82) is 0 Å². The summed E-state index contributed by atoms with van der Waals surface area (Å²) in [7, 11) is 0. The molecule has 7 heteroatoms. The molecule has 4 aromatic rings. The quantitative estimate of drug-likeness (QED) is 0.316. The van der Waals surface area contributed by atoms with E-state index in [9.17, 15) is 9.59 Å². The number of aryl methyl sites for hydroxylation is 1. The van der Waals surface area contributed by atoms with Gasteiger partial charge in [-0.25, -0.2) is 0 Å². The van der Waals surface area contributed by atoms with Crippen LogP contribution in [-0.4, -0.2) is 33.5 Å². The first kappa shape index (κ1) is 24.3. The topological polar surface area (TPSA) is 75.2 Å². The number of hydrogen-bond donors (Lipinski definition) is 1. The highest BCUT2D eigenvalue weighted by Gasteiger charge is 2.24. The maximum absolute atomic E-state index is 13.5. The summed E-state index contributed by atoms with van der Waals surface area (Å²) in [5.41, 5.74) is 3.76. The molecule has 0 aliphatic rings. The van der Waals surface area contributed by atoms with Crippen LogP contribution < -0.4 is 5.32 Å². The van der Waals surface area contributed by atoms with E-state index in [-0.39, 0.29) is 30.8 Å². The molecule has 1 aromatic heterocycles. The van der Waals surface area contributed by atoms with Gasteiger partial charge in [0.05, 0.1) is 6.04 Å². The lowest BCUT2D eigenvalue weighted by atomic mass is 10.0. The summed E-state index contributed by atoms with van der Waals surface area (Å²) >= 11 is 1.32. The SMILES string of the molecule is CCc1ccc(C(=O)N(CCC(=O)Nc2nnc(-c3ccccc3)s2)C(C)c2ccccc2)cc1. The number of benzene rings is 3. The van der Waals surface area contributed by atoms with Crippen LogP contribution in [0.5, 0.6) is 0 Å². The molecule has 3 aromatic carbocycles. The van der Waals surface area contributed by atoms with Gasteiger partial charge in [0, 0.05) is 24.1 Å². The normalized spacial score (nSPS) is 11.6. The van der Waals surface area contributed by atoms with Gasteiger partial charge in [-0.2, -0.15) is 0 Å². The Bertz CT molecular complexity index is 1260. The molecule has 0 aliphatic heterocycles. The van der Waals surface area contributed by atoms with Crippen molar-refractivity contribution in [2.75, 3.05) is 11.9 Å². The second kappa shape index (κ2) is 11.5. The molecule has 0 saturated carbocycles. The van der Waals surface area contributed by atoms with Gasteiger partial charge in [-0.05, 0) is 36.6 Å². The van der Waals surface area contributed by atoms with Gasteiger partial charge in [0.25, 0.3) is 5.91 Å². The Kier molecular flexibility index (Phi) is 8.00. The molecule has 178 valence electrons. The molecule has 1 N–H and O–H groups in total. The van der Waals surface area contributed by atoms with E-state index in [0.717, 1.165) is 22.6 Å². The van der Waals surface area contributed by atoms with E-state index in [1.54, 1.807) is 4.90 Å². The molecule has 2 amide bonds. The van der Waals surface area contributed by atoms with Crippen LogP contribution >= 0.6 is 11.3 Å². The molecule has 1 heterocycles. The van der Waals surface area contributed by atoms with E-state index in [1.807, 2.05) is 91.9 Å². The van der Waals surface area contributed by atoms with Crippen molar-refractivity contribution in [2.24, 2.45) is 0 Å². The Morgan fingerprint density at radius 3 is 2.23 bits per heavy atom. The van der Waals surface area contributed by atoms with Crippen LogP contribution in [0, 0.1) is 0 Å². The number of nitrogens with zero attached hydrogens (tertiary/aromatic N) is 3. The summed E-state index contributed by atoms with van der Waals surface area (Å²) < 4.78 is 0. The number of amides is 2. The first-order chi connectivity index (χ1) is 17.0. The van der Waals surface area contributed by atoms with Crippen molar-refractivity contribution < 1.29 is 9.59 Å². The smallest absolute Gasteiger partial charge is 0.254 e. The van der Waals surface area contributed by atoms with Gasteiger partial charge in [0.1, 0.15) is 5.01 Å². The van der Waals surface area contributed by atoms with E-state index in [2.05, 4.69) is 22.4 Å². The summed E-state index contributed by atoms with van der Waals surface area (Å²) in [4.78, 5) is 28.0. The second-order valence-corrected chi connectivity index (χ2v) is 9.19. The molecule has 0 fully saturated rings. The first-order valence-corrected chi connectivity index (χ1v) is 12.5. The fourth-order valence-corrected chi connectivity index (χ4v) is 4.57. The van der Waals surface area contributed by atoms with Crippen molar-refractivity contribution in [3.8, 4) is 10.6 Å². The summed E-state index contributed by atoms with van der Waals surface area (Å²) in [5, 5.41) is 12.3. The number of carbonyl (C=O) groups excluding carboxylic acids is 2. The molecule has 0 bridgehead atoms. The van der Waals surface area contributed by atoms with Crippen LogP contribution in [-0.2, 0) is 11.2 Å². The zero-order chi connectivity index (χ0) is 24.6. The molecule has 1 atom stereocenters. The fraction of sp³-hybridized carbons (Fsp3) is 0.214. The first-order valence-electron chi connectivity index (χ1n) is 11.7.